The van der Waals surface area contributed by atoms with Gasteiger partial charge >= 0.3 is 0 Å². The van der Waals surface area contributed by atoms with Crippen LogP contribution in [0.3, 0.4) is 0 Å². The number of rotatable bonds is 4. The number of amides is 1. The summed E-state index contributed by atoms with van der Waals surface area (Å²) in [5.41, 5.74) is 1.53. The van der Waals surface area contributed by atoms with Gasteiger partial charge in [-0.3, -0.25) is 14.2 Å². The molecule has 0 saturated carbocycles. The summed E-state index contributed by atoms with van der Waals surface area (Å²) in [6.07, 6.45) is 4.39. The van der Waals surface area contributed by atoms with Crippen molar-refractivity contribution in [3.8, 4) is 0 Å². The van der Waals surface area contributed by atoms with Gasteiger partial charge in [0.25, 0.3) is 5.91 Å². The van der Waals surface area contributed by atoms with Crippen molar-refractivity contribution < 1.29 is 9.53 Å². The highest BCUT2D eigenvalue weighted by molar-refractivity contribution is 5.92. The topological polar surface area (TPSA) is 65.2 Å². The normalized spacial score (nSPS) is 17.8. The summed E-state index contributed by atoms with van der Waals surface area (Å²) >= 11 is 0. The number of aryl methyl sites for hydroxylation is 1. The Morgan fingerprint density at radius 2 is 2.33 bits per heavy atom. The second kappa shape index (κ2) is 5.69. The van der Waals surface area contributed by atoms with Gasteiger partial charge in [0.1, 0.15) is 5.69 Å². The fourth-order valence-corrected chi connectivity index (χ4v) is 2.70. The Bertz CT molecular complexity index is 633. The number of fused-ring (bicyclic) bond motifs is 1. The molecule has 0 saturated heterocycles. The number of carbonyl (C=O) groups is 1. The van der Waals surface area contributed by atoms with Gasteiger partial charge in [-0.15, -0.1) is 0 Å². The van der Waals surface area contributed by atoms with Crippen molar-refractivity contribution >= 4 is 5.91 Å². The third-order valence-corrected chi connectivity index (χ3v) is 3.76. The highest BCUT2D eigenvalue weighted by Gasteiger charge is 2.29. The van der Waals surface area contributed by atoms with E-state index in [0.29, 0.717) is 25.4 Å². The van der Waals surface area contributed by atoms with E-state index in [9.17, 15) is 4.79 Å². The van der Waals surface area contributed by atoms with Gasteiger partial charge in [-0.1, -0.05) is 0 Å². The minimum Gasteiger partial charge on any atom is -0.385 e. The minimum atomic E-state index is -0.0366. The van der Waals surface area contributed by atoms with Crippen molar-refractivity contribution in [3.63, 3.8) is 0 Å². The molecule has 1 unspecified atom stereocenters. The molecule has 0 spiro atoms. The molecule has 1 amide bonds. The SMILES string of the molecule is COCCC1CN(C(=O)c2ccn(C)n2)Cc2ccnn21. The average molecular weight is 289 g/mol. The molecule has 1 aliphatic heterocycles. The summed E-state index contributed by atoms with van der Waals surface area (Å²) in [6, 6.07) is 3.85. The molecular weight excluding hydrogens is 270 g/mol. The van der Waals surface area contributed by atoms with E-state index in [4.69, 9.17) is 4.74 Å². The molecule has 3 heterocycles. The lowest BCUT2D eigenvalue weighted by Gasteiger charge is -2.33. The number of aromatic nitrogens is 4. The van der Waals surface area contributed by atoms with Crippen LogP contribution in [0.1, 0.15) is 28.6 Å². The highest BCUT2D eigenvalue weighted by Crippen LogP contribution is 2.24. The molecule has 7 heteroatoms. The third kappa shape index (κ3) is 2.69. The second-order valence-electron chi connectivity index (χ2n) is 5.26. The zero-order valence-corrected chi connectivity index (χ0v) is 12.3. The fourth-order valence-electron chi connectivity index (χ4n) is 2.70. The summed E-state index contributed by atoms with van der Waals surface area (Å²) in [7, 11) is 3.49. The molecule has 21 heavy (non-hydrogen) atoms. The van der Waals surface area contributed by atoms with Crippen LogP contribution in [0.2, 0.25) is 0 Å². The lowest BCUT2D eigenvalue weighted by molar-refractivity contribution is 0.0634. The number of nitrogens with zero attached hydrogens (tertiary/aromatic N) is 5. The maximum atomic E-state index is 12.6. The fraction of sp³-hybridized carbons (Fsp3) is 0.500. The number of hydrogen-bond donors (Lipinski definition) is 0. The molecule has 112 valence electrons. The average Bonchev–Trinajstić information content (AvgIpc) is 3.12. The number of carbonyl (C=O) groups excluding carboxylic acids is 1. The number of methoxy groups -OCH3 is 1. The molecule has 0 N–H and O–H groups in total. The Kier molecular flexibility index (Phi) is 3.74. The first-order valence-corrected chi connectivity index (χ1v) is 6.99. The zero-order valence-electron chi connectivity index (χ0n) is 12.3. The lowest BCUT2D eigenvalue weighted by Crippen LogP contribution is -2.41. The molecule has 1 aliphatic rings. The lowest BCUT2D eigenvalue weighted by atomic mass is 10.1. The first kappa shape index (κ1) is 13.8. The van der Waals surface area contributed by atoms with E-state index in [2.05, 4.69) is 10.2 Å². The summed E-state index contributed by atoms with van der Waals surface area (Å²) < 4.78 is 8.80. The van der Waals surface area contributed by atoms with Crippen molar-refractivity contribution in [2.24, 2.45) is 7.05 Å². The van der Waals surface area contributed by atoms with E-state index < -0.39 is 0 Å². The number of ether oxygens (including phenoxy) is 1. The smallest absolute Gasteiger partial charge is 0.274 e. The quantitative estimate of drug-likeness (QED) is 0.837. The van der Waals surface area contributed by atoms with Crippen LogP contribution in [0.4, 0.5) is 0 Å². The molecule has 0 fully saturated rings. The molecule has 2 aromatic heterocycles. The van der Waals surface area contributed by atoms with Gasteiger partial charge in [0.15, 0.2) is 0 Å². The van der Waals surface area contributed by atoms with E-state index in [1.807, 2.05) is 22.7 Å². The van der Waals surface area contributed by atoms with Crippen LogP contribution < -0.4 is 0 Å². The van der Waals surface area contributed by atoms with Crippen LogP contribution in [0, 0.1) is 0 Å². The van der Waals surface area contributed by atoms with Crippen LogP contribution in [0.15, 0.2) is 24.5 Å². The molecule has 7 nitrogen and oxygen atoms in total. The monoisotopic (exact) mass is 289 g/mol. The molecule has 3 rings (SSSR count). The van der Waals surface area contributed by atoms with Gasteiger partial charge in [-0.2, -0.15) is 10.2 Å². The van der Waals surface area contributed by atoms with Gasteiger partial charge < -0.3 is 9.64 Å². The zero-order chi connectivity index (χ0) is 14.8. The summed E-state index contributed by atoms with van der Waals surface area (Å²) in [4.78, 5) is 14.4. The van der Waals surface area contributed by atoms with Crippen molar-refractivity contribution in [3.05, 3.63) is 35.9 Å². The molecule has 1 atom stereocenters. The highest BCUT2D eigenvalue weighted by atomic mass is 16.5. The van der Waals surface area contributed by atoms with Crippen LogP contribution in [0.5, 0.6) is 0 Å². The van der Waals surface area contributed by atoms with Crippen molar-refractivity contribution in [2.75, 3.05) is 20.3 Å². The van der Waals surface area contributed by atoms with Crippen LogP contribution in [-0.4, -0.2) is 50.6 Å². The third-order valence-electron chi connectivity index (χ3n) is 3.76. The predicted octanol–water partition coefficient (Wildman–Crippen LogP) is 0.850. The van der Waals surface area contributed by atoms with Crippen LogP contribution >= 0.6 is 0 Å². The van der Waals surface area contributed by atoms with Gasteiger partial charge in [0, 0.05) is 39.7 Å². The Balaban J connectivity index is 1.80. The Morgan fingerprint density at radius 1 is 1.48 bits per heavy atom. The van der Waals surface area contributed by atoms with Gasteiger partial charge in [-0.05, 0) is 18.6 Å². The van der Waals surface area contributed by atoms with E-state index in [1.54, 1.807) is 30.3 Å². The van der Waals surface area contributed by atoms with Gasteiger partial charge in [-0.25, -0.2) is 0 Å². The van der Waals surface area contributed by atoms with Crippen LogP contribution in [-0.2, 0) is 18.3 Å². The van der Waals surface area contributed by atoms with E-state index in [0.717, 1.165) is 12.1 Å². The van der Waals surface area contributed by atoms with Gasteiger partial charge in [0.05, 0.1) is 18.3 Å². The molecule has 0 aromatic carbocycles. The first-order valence-electron chi connectivity index (χ1n) is 6.99. The second-order valence-corrected chi connectivity index (χ2v) is 5.26. The van der Waals surface area contributed by atoms with Crippen molar-refractivity contribution in [1.29, 1.82) is 0 Å². The first-order chi connectivity index (χ1) is 10.2. The number of hydrogen-bond acceptors (Lipinski definition) is 4. The van der Waals surface area contributed by atoms with Gasteiger partial charge in [0.2, 0.25) is 0 Å². The standard InChI is InChI=1S/C14H19N5O2/c1-17-7-4-13(16-17)14(20)18-9-11-3-6-15-19(11)12(10-18)5-8-21-2/h3-4,6-7,12H,5,8-10H2,1-2H3. The Morgan fingerprint density at radius 3 is 3.05 bits per heavy atom. The Hall–Kier alpha value is -2.15. The predicted molar refractivity (Wildman–Crippen MR) is 75.7 cm³/mol. The maximum Gasteiger partial charge on any atom is 0.274 e. The van der Waals surface area contributed by atoms with Crippen LogP contribution in [0.25, 0.3) is 0 Å². The largest absolute Gasteiger partial charge is 0.385 e. The van der Waals surface area contributed by atoms with E-state index in [1.165, 1.54) is 0 Å². The summed E-state index contributed by atoms with van der Waals surface area (Å²) in [5, 5.41) is 8.56. The molecule has 0 radical (unpaired) electrons. The van der Waals surface area contributed by atoms with Crippen molar-refractivity contribution in [2.45, 2.75) is 19.0 Å². The summed E-state index contributed by atoms with van der Waals surface area (Å²) in [5.74, 6) is -0.0366. The molecule has 0 aliphatic carbocycles. The maximum absolute atomic E-state index is 12.6. The minimum absolute atomic E-state index is 0.0366. The van der Waals surface area contributed by atoms with E-state index in [-0.39, 0.29) is 11.9 Å². The summed E-state index contributed by atoms with van der Waals surface area (Å²) in [6.45, 7) is 1.85. The van der Waals surface area contributed by atoms with Crippen molar-refractivity contribution in [1.82, 2.24) is 24.5 Å². The van der Waals surface area contributed by atoms with E-state index >= 15 is 0 Å². The molecular formula is C14H19N5O2. The molecule has 2 aromatic rings. The Labute approximate surface area is 123 Å². The molecule has 0 bridgehead atoms.